The molecule has 0 radical (unpaired) electrons. The third kappa shape index (κ3) is 4.78. The molecular formula is C17H21F3N2O3. The van der Waals surface area contributed by atoms with E-state index in [-0.39, 0.29) is 18.3 Å². The molecule has 1 aromatic carbocycles. The highest BCUT2D eigenvalue weighted by molar-refractivity contribution is 5.77. The number of carbonyl (C=O) groups excluding carboxylic acids is 1. The van der Waals surface area contributed by atoms with E-state index in [0.29, 0.717) is 24.9 Å². The first-order chi connectivity index (χ1) is 11.9. The molecule has 2 aliphatic rings. The van der Waals surface area contributed by atoms with Crippen molar-refractivity contribution in [1.82, 2.24) is 10.2 Å². The molecule has 1 N–H and O–H groups in total. The summed E-state index contributed by atoms with van der Waals surface area (Å²) in [5, 5.41) is 3.37. The smallest absolute Gasteiger partial charge is 0.480 e. The molecule has 0 aliphatic carbocycles. The van der Waals surface area contributed by atoms with Crippen molar-refractivity contribution < 1.29 is 27.4 Å². The van der Waals surface area contributed by atoms with E-state index in [0.717, 1.165) is 32.0 Å². The summed E-state index contributed by atoms with van der Waals surface area (Å²) in [7, 11) is 0. The van der Waals surface area contributed by atoms with Crippen LogP contribution in [-0.2, 0) is 4.79 Å². The van der Waals surface area contributed by atoms with E-state index in [4.69, 9.17) is 4.74 Å². The van der Waals surface area contributed by atoms with E-state index in [9.17, 15) is 18.0 Å². The number of alkyl halides is 3. The van der Waals surface area contributed by atoms with Crippen molar-refractivity contribution in [2.45, 2.75) is 19.2 Å². The van der Waals surface area contributed by atoms with E-state index in [1.165, 1.54) is 18.2 Å². The van der Waals surface area contributed by atoms with Crippen LogP contribution in [0.3, 0.4) is 0 Å². The molecule has 8 heteroatoms. The van der Waals surface area contributed by atoms with Crippen LogP contribution in [0.1, 0.15) is 12.8 Å². The highest BCUT2D eigenvalue weighted by Crippen LogP contribution is 2.32. The number of likely N-dealkylation sites (tertiary alicyclic amines) is 1. The summed E-state index contributed by atoms with van der Waals surface area (Å²) in [6, 6.07) is 5.46. The number of hydrogen-bond acceptors (Lipinski definition) is 4. The zero-order valence-electron chi connectivity index (χ0n) is 13.7. The molecule has 25 heavy (non-hydrogen) atoms. The second kappa shape index (κ2) is 7.51. The third-order valence-corrected chi connectivity index (χ3v) is 4.80. The number of amides is 1. The fourth-order valence-electron chi connectivity index (χ4n) is 3.48. The van der Waals surface area contributed by atoms with Crippen LogP contribution >= 0.6 is 0 Å². The molecule has 1 amide bonds. The van der Waals surface area contributed by atoms with E-state index < -0.39 is 12.1 Å². The largest absolute Gasteiger partial charge is 0.573 e. The molecule has 0 spiro atoms. The molecule has 2 fully saturated rings. The van der Waals surface area contributed by atoms with Crippen LogP contribution in [-0.4, -0.2) is 50.0 Å². The molecule has 3 rings (SSSR count). The lowest BCUT2D eigenvalue weighted by molar-refractivity contribution is -0.275. The number of para-hydroxylation sites is 2. The number of fused-ring (bicyclic) bond motifs is 1. The monoisotopic (exact) mass is 358 g/mol. The first-order valence-corrected chi connectivity index (χ1v) is 8.38. The van der Waals surface area contributed by atoms with E-state index in [1.54, 1.807) is 4.90 Å². The second-order valence-corrected chi connectivity index (χ2v) is 6.42. The summed E-state index contributed by atoms with van der Waals surface area (Å²) in [5.74, 6) is 0.442. The molecule has 0 unspecified atom stereocenters. The van der Waals surface area contributed by atoms with Crippen LogP contribution in [0.4, 0.5) is 13.2 Å². The number of hydrogen-bond donors (Lipinski definition) is 1. The normalized spacial score (nSPS) is 23.7. The number of nitrogens with zero attached hydrogens (tertiary/aromatic N) is 1. The SMILES string of the molecule is O=C(COc1ccccc1OC(F)(F)F)N1CC[C@@H]2CNC[C@@H]2CC1. The summed E-state index contributed by atoms with van der Waals surface area (Å²) in [6.07, 6.45) is -2.92. The van der Waals surface area contributed by atoms with Gasteiger partial charge in [-0.1, -0.05) is 12.1 Å². The molecule has 5 nitrogen and oxygen atoms in total. The van der Waals surface area contributed by atoms with E-state index in [1.807, 2.05) is 0 Å². The highest BCUT2D eigenvalue weighted by Gasteiger charge is 2.33. The third-order valence-electron chi connectivity index (χ3n) is 4.80. The predicted octanol–water partition coefficient (Wildman–Crippen LogP) is 2.42. The van der Waals surface area contributed by atoms with Gasteiger partial charge in [0, 0.05) is 13.1 Å². The van der Waals surface area contributed by atoms with E-state index in [2.05, 4.69) is 10.1 Å². The van der Waals surface area contributed by atoms with Crippen molar-refractivity contribution >= 4 is 5.91 Å². The fraction of sp³-hybridized carbons (Fsp3) is 0.588. The molecular weight excluding hydrogens is 337 g/mol. The zero-order chi connectivity index (χ0) is 17.9. The molecule has 138 valence electrons. The minimum absolute atomic E-state index is 0.0935. The van der Waals surface area contributed by atoms with Crippen LogP contribution < -0.4 is 14.8 Å². The Kier molecular flexibility index (Phi) is 5.36. The first-order valence-electron chi connectivity index (χ1n) is 8.38. The number of nitrogens with one attached hydrogen (secondary N) is 1. The van der Waals surface area contributed by atoms with Crippen molar-refractivity contribution in [2.75, 3.05) is 32.8 Å². The van der Waals surface area contributed by atoms with Crippen LogP contribution in [0, 0.1) is 11.8 Å². The van der Waals surface area contributed by atoms with E-state index >= 15 is 0 Å². The zero-order valence-corrected chi connectivity index (χ0v) is 13.7. The topological polar surface area (TPSA) is 50.8 Å². The van der Waals surface area contributed by atoms with Gasteiger partial charge in [-0.25, -0.2) is 0 Å². The Morgan fingerprint density at radius 1 is 1.12 bits per heavy atom. The maximum absolute atomic E-state index is 12.4. The Morgan fingerprint density at radius 2 is 1.72 bits per heavy atom. The molecule has 0 saturated carbocycles. The maximum Gasteiger partial charge on any atom is 0.573 e. The minimum atomic E-state index is -4.81. The van der Waals surface area contributed by atoms with Gasteiger partial charge in [0.2, 0.25) is 0 Å². The van der Waals surface area contributed by atoms with Gasteiger partial charge in [-0.15, -0.1) is 13.2 Å². The van der Waals surface area contributed by atoms with Gasteiger partial charge >= 0.3 is 6.36 Å². The van der Waals surface area contributed by atoms with Crippen LogP contribution in [0.15, 0.2) is 24.3 Å². The van der Waals surface area contributed by atoms with Crippen molar-refractivity contribution in [2.24, 2.45) is 11.8 Å². The molecule has 0 aromatic heterocycles. The first kappa shape index (κ1) is 17.8. The average molecular weight is 358 g/mol. The summed E-state index contributed by atoms with van der Waals surface area (Å²) >= 11 is 0. The van der Waals surface area contributed by atoms with Crippen molar-refractivity contribution in [3.63, 3.8) is 0 Å². The second-order valence-electron chi connectivity index (χ2n) is 6.42. The highest BCUT2D eigenvalue weighted by atomic mass is 19.4. The Labute approximate surface area is 144 Å². The summed E-state index contributed by atoms with van der Waals surface area (Å²) in [4.78, 5) is 14.1. The predicted molar refractivity (Wildman–Crippen MR) is 84.3 cm³/mol. The Bertz CT molecular complexity index is 595. The molecule has 0 bridgehead atoms. The molecule has 2 heterocycles. The standard InChI is InChI=1S/C17H21F3N2O3/c18-17(19,20)25-15-4-2-1-3-14(15)24-11-16(23)22-7-5-12-9-21-10-13(12)6-8-22/h1-4,12-13,21H,5-11H2/t12-,13+. The number of carbonyl (C=O) groups is 1. The maximum atomic E-state index is 12.4. The van der Waals surface area contributed by atoms with Gasteiger partial charge < -0.3 is 19.7 Å². The van der Waals surface area contributed by atoms with Crippen LogP contribution in [0.25, 0.3) is 0 Å². The van der Waals surface area contributed by atoms with Crippen LogP contribution in [0.5, 0.6) is 11.5 Å². The Balaban J connectivity index is 1.56. The van der Waals surface area contributed by atoms with Gasteiger partial charge in [-0.05, 0) is 49.9 Å². The summed E-state index contributed by atoms with van der Waals surface area (Å²) in [5.41, 5.74) is 0. The lowest BCUT2D eigenvalue weighted by atomic mass is 9.92. The fourth-order valence-corrected chi connectivity index (χ4v) is 3.48. The van der Waals surface area contributed by atoms with Crippen molar-refractivity contribution in [3.05, 3.63) is 24.3 Å². The molecule has 1 aromatic rings. The van der Waals surface area contributed by atoms with Gasteiger partial charge in [0.25, 0.3) is 5.91 Å². The Hall–Kier alpha value is -1.96. The number of ether oxygens (including phenoxy) is 2. The molecule has 2 aliphatic heterocycles. The number of halogens is 3. The van der Waals surface area contributed by atoms with Gasteiger partial charge in [-0.3, -0.25) is 4.79 Å². The summed E-state index contributed by atoms with van der Waals surface area (Å²) < 4.78 is 46.5. The quantitative estimate of drug-likeness (QED) is 0.898. The molecule has 2 saturated heterocycles. The van der Waals surface area contributed by atoms with Crippen LogP contribution in [0.2, 0.25) is 0 Å². The average Bonchev–Trinajstić information content (AvgIpc) is 2.91. The van der Waals surface area contributed by atoms with Gasteiger partial charge in [0.05, 0.1) is 0 Å². The molecule has 2 atom stereocenters. The van der Waals surface area contributed by atoms with Gasteiger partial charge in [0.15, 0.2) is 18.1 Å². The van der Waals surface area contributed by atoms with Crippen molar-refractivity contribution in [1.29, 1.82) is 0 Å². The lowest BCUT2D eigenvalue weighted by Crippen LogP contribution is -2.36. The van der Waals surface area contributed by atoms with Gasteiger partial charge in [0.1, 0.15) is 0 Å². The summed E-state index contributed by atoms with van der Waals surface area (Å²) in [6.45, 7) is 3.00. The number of rotatable bonds is 4. The van der Waals surface area contributed by atoms with Gasteiger partial charge in [-0.2, -0.15) is 0 Å². The number of benzene rings is 1. The lowest BCUT2D eigenvalue weighted by Gasteiger charge is -2.21. The minimum Gasteiger partial charge on any atom is -0.480 e. The Morgan fingerprint density at radius 3 is 2.32 bits per heavy atom. The van der Waals surface area contributed by atoms with Crippen molar-refractivity contribution in [3.8, 4) is 11.5 Å².